The van der Waals surface area contributed by atoms with Gasteiger partial charge in [0.05, 0.1) is 16.9 Å². The molecule has 0 aromatic heterocycles. The molecule has 4 N–H and O–H groups in total. The van der Waals surface area contributed by atoms with Crippen LogP contribution in [0.5, 0.6) is 0 Å². The highest BCUT2D eigenvalue weighted by Crippen LogP contribution is 2.25. The number of hydrogen-bond donors (Lipinski definition) is 3. The number of carboxylic acid groups (broad SMARTS) is 1. The molecule has 4 heteroatoms. The van der Waals surface area contributed by atoms with Gasteiger partial charge in [0.2, 0.25) is 0 Å². The quantitative estimate of drug-likeness (QED) is 0.678. The Hall–Kier alpha value is -1.71. The van der Waals surface area contributed by atoms with Crippen molar-refractivity contribution in [3.05, 3.63) is 23.8 Å². The highest BCUT2D eigenvalue weighted by molar-refractivity contribution is 5.90. The van der Waals surface area contributed by atoms with Crippen LogP contribution < -0.4 is 11.1 Å². The molecule has 0 aliphatic heterocycles. The first-order chi connectivity index (χ1) is 8.35. The fourth-order valence-electron chi connectivity index (χ4n) is 1.94. The van der Waals surface area contributed by atoms with Crippen molar-refractivity contribution in [2.75, 3.05) is 17.6 Å². The minimum atomic E-state index is -0.939. The Balaban J connectivity index is 2.78. The number of aromatic carboxylic acids is 1. The van der Waals surface area contributed by atoms with Gasteiger partial charge in [-0.25, -0.2) is 4.79 Å². The van der Waals surface area contributed by atoms with Crippen molar-refractivity contribution in [1.82, 2.24) is 0 Å². The van der Waals surface area contributed by atoms with Gasteiger partial charge in [-0.15, -0.1) is 0 Å². The zero-order valence-electron chi connectivity index (χ0n) is 11.3. The van der Waals surface area contributed by atoms with E-state index < -0.39 is 5.97 Å². The lowest BCUT2D eigenvalue weighted by Gasteiger charge is -2.25. The van der Waals surface area contributed by atoms with Crippen molar-refractivity contribution in [2.24, 2.45) is 5.41 Å². The molecule has 1 rings (SSSR count). The zero-order chi connectivity index (χ0) is 13.8. The molecule has 0 aliphatic carbocycles. The minimum Gasteiger partial charge on any atom is -0.478 e. The van der Waals surface area contributed by atoms with Crippen LogP contribution in [0, 0.1) is 5.41 Å². The Morgan fingerprint density at radius 3 is 2.67 bits per heavy atom. The maximum absolute atomic E-state index is 10.9. The van der Waals surface area contributed by atoms with Gasteiger partial charge in [0.1, 0.15) is 0 Å². The van der Waals surface area contributed by atoms with Gasteiger partial charge in [-0.1, -0.05) is 27.2 Å². The van der Waals surface area contributed by atoms with Crippen molar-refractivity contribution >= 4 is 17.3 Å². The Morgan fingerprint density at radius 2 is 2.11 bits per heavy atom. The lowest BCUT2D eigenvalue weighted by molar-refractivity contribution is 0.0697. The van der Waals surface area contributed by atoms with Gasteiger partial charge in [-0.05, 0) is 30.0 Å². The summed E-state index contributed by atoms with van der Waals surface area (Å²) in [5.74, 6) is -0.939. The van der Waals surface area contributed by atoms with Crippen LogP contribution in [0.15, 0.2) is 18.2 Å². The van der Waals surface area contributed by atoms with E-state index in [1.54, 1.807) is 12.1 Å². The third-order valence-corrected chi connectivity index (χ3v) is 2.98. The van der Waals surface area contributed by atoms with E-state index in [4.69, 9.17) is 10.8 Å². The normalized spacial score (nSPS) is 11.3. The summed E-state index contributed by atoms with van der Waals surface area (Å²) in [5.41, 5.74) is 7.52. The largest absolute Gasteiger partial charge is 0.478 e. The van der Waals surface area contributed by atoms with E-state index in [2.05, 4.69) is 26.1 Å². The predicted octanol–water partition coefficient (Wildman–Crippen LogP) is 3.21. The second kappa shape index (κ2) is 5.76. The van der Waals surface area contributed by atoms with Crippen LogP contribution >= 0.6 is 0 Å². The number of carbonyl (C=O) groups is 1. The number of hydrogen-bond acceptors (Lipinski definition) is 3. The number of anilines is 2. The van der Waals surface area contributed by atoms with Gasteiger partial charge in [0, 0.05) is 6.54 Å². The number of nitrogens with two attached hydrogens (primary N) is 1. The predicted molar refractivity (Wildman–Crippen MR) is 75.0 cm³/mol. The Kier molecular flexibility index (Phi) is 4.59. The topological polar surface area (TPSA) is 75.3 Å². The van der Waals surface area contributed by atoms with Gasteiger partial charge in [-0.2, -0.15) is 0 Å². The second-order valence-corrected chi connectivity index (χ2v) is 5.37. The summed E-state index contributed by atoms with van der Waals surface area (Å²) in [7, 11) is 0. The fraction of sp³-hybridized carbons (Fsp3) is 0.500. The van der Waals surface area contributed by atoms with Crippen molar-refractivity contribution < 1.29 is 9.90 Å². The maximum Gasteiger partial charge on any atom is 0.335 e. The molecule has 1 aromatic rings. The van der Waals surface area contributed by atoms with Gasteiger partial charge in [-0.3, -0.25) is 0 Å². The molecule has 0 saturated heterocycles. The smallest absolute Gasteiger partial charge is 0.335 e. The average molecular weight is 250 g/mol. The molecule has 0 aliphatic rings. The maximum atomic E-state index is 10.9. The van der Waals surface area contributed by atoms with E-state index in [-0.39, 0.29) is 11.0 Å². The molecule has 0 saturated carbocycles. The molecule has 0 atom stereocenters. The molecule has 0 fully saturated rings. The van der Waals surface area contributed by atoms with Crippen LogP contribution in [-0.4, -0.2) is 17.6 Å². The van der Waals surface area contributed by atoms with Crippen molar-refractivity contribution in [2.45, 2.75) is 33.6 Å². The number of nitrogens with one attached hydrogen (secondary N) is 1. The molecule has 0 unspecified atom stereocenters. The summed E-state index contributed by atoms with van der Waals surface area (Å²) in [6, 6.07) is 4.72. The third kappa shape index (κ3) is 3.95. The molecule has 18 heavy (non-hydrogen) atoms. The summed E-state index contributed by atoms with van der Waals surface area (Å²) < 4.78 is 0. The zero-order valence-corrected chi connectivity index (χ0v) is 11.3. The molecule has 1 aromatic carbocycles. The Morgan fingerprint density at radius 1 is 1.44 bits per heavy atom. The number of nitrogen functional groups attached to an aromatic ring is 1. The number of rotatable bonds is 6. The van der Waals surface area contributed by atoms with Gasteiger partial charge in [0.25, 0.3) is 0 Å². The summed E-state index contributed by atoms with van der Waals surface area (Å²) in [4.78, 5) is 10.9. The highest BCUT2D eigenvalue weighted by Gasteiger charge is 2.17. The summed E-state index contributed by atoms with van der Waals surface area (Å²) in [5, 5.41) is 12.2. The minimum absolute atomic E-state index is 0.167. The van der Waals surface area contributed by atoms with E-state index in [0.29, 0.717) is 11.4 Å². The van der Waals surface area contributed by atoms with Crippen LogP contribution in [0.25, 0.3) is 0 Å². The SMILES string of the molecule is CCCC(C)(C)CNc1cc(C(=O)O)ccc1N. The summed E-state index contributed by atoms with van der Waals surface area (Å²) >= 11 is 0. The average Bonchev–Trinajstić information content (AvgIpc) is 2.27. The fourth-order valence-corrected chi connectivity index (χ4v) is 1.94. The van der Waals surface area contributed by atoms with E-state index in [1.165, 1.54) is 6.07 Å². The van der Waals surface area contributed by atoms with Crippen molar-refractivity contribution in [3.63, 3.8) is 0 Å². The van der Waals surface area contributed by atoms with Crippen LogP contribution in [0.4, 0.5) is 11.4 Å². The molecule has 0 bridgehead atoms. The first kappa shape index (κ1) is 14.4. The Labute approximate surface area is 108 Å². The van der Waals surface area contributed by atoms with Crippen LogP contribution in [0.3, 0.4) is 0 Å². The van der Waals surface area contributed by atoms with E-state index >= 15 is 0 Å². The lowest BCUT2D eigenvalue weighted by atomic mass is 9.88. The van der Waals surface area contributed by atoms with E-state index in [0.717, 1.165) is 19.4 Å². The monoisotopic (exact) mass is 250 g/mol. The van der Waals surface area contributed by atoms with Crippen LogP contribution in [-0.2, 0) is 0 Å². The van der Waals surface area contributed by atoms with Gasteiger partial charge in [0.15, 0.2) is 0 Å². The van der Waals surface area contributed by atoms with E-state index in [1.807, 2.05) is 0 Å². The first-order valence-corrected chi connectivity index (χ1v) is 6.22. The standard InChI is InChI=1S/C14H22N2O2/c1-4-7-14(2,3)9-16-12-8-10(13(17)18)5-6-11(12)15/h5-6,8,16H,4,7,9,15H2,1-3H3,(H,17,18). The Bertz CT molecular complexity index is 428. The third-order valence-electron chi connectivity index (χ3n) is 2.98. The lowest BCUT2D eigenvalue weighted by Crippen LogP contribution is -2.23. The second-order valence-electron chi connectivity index (χ2n) is 5.37. The van der Waals surface area contributed by atoms with Gasteiger partial charge >= 0.3 is 5.97 Å². The van der Waals surface area contributed by atoms with Gasteiger partial charge < -0.3 is 16.2 Å². The molecule has 4 nitrogen and oxygen atoms in total. The number of benzene rings is 1. The molecular formula is C14H22N2O2. The van der Waals surface area contributed by atoms with E-state index in [9.17, 15) is 4.79 Å². The first-order valence-electron chi connectivity index (χ1n) is 6.22. The molecule has 0 heterocycles. The highest BCUT2D eigenvalue weighted by atomic mass is 16.4. The van der Waals surface area contributed by atoms with Crippen LogP contribution in [0.2, 0.25) is 0 Å². The molecule has 0 radical (unpaired) electrons. The summed E-state index contributed by atoms with van der Waals surface area (Å²) in [6.45, 7) is 7.29. The van der Waals surface area contributed by atoms with Crippen molar-refractivity contribution in [1.29, 1.82) is 0 Å². The molecular weight excluding hydrogens is 228 g/mol. The molecule has 0 spiro atoms. The molecule has 100 valence electrons. The molecule has 0 amide bonds. The van der Waals surface area contributed by atoms with Crippen molar-refractivity contribution in [3.8, 4) is 0 Å². The summed E-state index contributed by atoms with van der Waals surface area (Å²) in [6.07, 6.45) is 2.23. The van der Waals surface area contributed by atoms with Crippen LogP contribution in [0.1, 0.15) is 44.0 Å². The number of carboxylic acids is 1.